The molecule has 1 N–H and O–H groups in total. The largest absolute Gasteiger partial charge is 0.467 e. The number of ether oxygens (including phenoxy) is 2. The van der Waals surface area contributed by atoms with Crippen molar-refractivity contribution in [1.82, 2.24) is 5.32 Å². The molecule has 1 fully saturated rings. The maximum absolute atomic E-state index is 13.2. The van der Waals surface area contributed by atoms with Crippen LogP contribution >= 0.6 is 0 Å². The summed E-state index contributed by atoms with van der Waals surface area (Å²) in [6, 6.07) is 5.09. The predicted octanol–water partition coefficient (Wildman–Crippen LogP) is 1.06. The Morgan fingerprint density at radius 2 is 2.33 bits per heavy atom. The zero-order chi connectivity index (χ0) is 15.2. The van der Waals surface area contributed by atoms with Crippen LogP contribution in [-0.4, -0.2) is 38.2 Å². The molecule has 0 spiro atoms. The summed E-state index contributed by atoms with van der Waals surface area (Å²) in [5, 5.41) is 2.66. The highest BCUT2D eigenvalue weighted by Crippen LogP contribution is 2.14. The molecule has 0 aliphatic carbocycles. The highest BCUT2D eigenvalue weighted by molar-refractivity contribution is 5.86. The summed E-state index contributed by atoms with van der Waals surface area (Å²) in [5.74, 6) is -1.41. The quantitative estimate of drug-likeness (QED) is 0.825. The molecule has 2 atom stereocenters. The van der Waals surface area contributed by atoms with Crippen molar-refractivity contribution in [3.63, 3.8) is 0 Å². The lowest BCUT2D eigenvalue weighted by Crippen LogP contribution is -2.45. The second-order valence-corrected chi connectivity index (χ2v) is 4.98. The molecule has 1 aliphatic heterocycles. The molecule has 1 aromatic carbocycles. The van der Waals surface area contributed by atoms with Gasteiger partial charge in [-0.25, -0.2) is 9.18 Å². The third-order valence-electron chi connectivity index (χ3n) is 3.43. The van der Waals surface area contributed by atoms with Gasteiger partial charge in [-0.2, -0.15) is 0 Å². The summed E-state index contributed by atoms with van der Waals surface area (Å²) in [7, 11) is 1.26. The fourth-order valence-electron chi connectivity index (χ4n) is 2.27. The summed E-state index contributed by atoms with van der Waals surface area (Å²) in [6.45, 7) is 0.907. The summed E-state index contributed by atoms with van der Waals surface area (Å²) < 4.78 is 23.0. The zero-order valence-electron chi connectivity index (χ0n) is 11.8. The van der Waals surface area contributed by atoms with Gasteiger partial charge in [-0.05, 0) is 24.1 Å². The molecule has 1 amide bonds. The number of carbonyl (C=O) groups excluding carboxylic acids is 2. The summed E-state index contributed by atoms with van der Waals surface area (Å²) in [4.78, 5) is 23.8. The van der Waals surface area contributed by atoms with E-state index in [1.54, 1.807) is 12.1 Å². The second kappa shape index (κ2) is 7.17. The number of methoxy groups -OCH3 is 1. The minimum Gasteiger partial charge on any atom is -0.467 e. The van der Waals surface area contributed by atoms with E-state index in [1.165, 1.54) is 19.2 Å². The first-order chi connectivity index (χ1) is 10.1. The fraction of sp³-hybridized carbons (Fsp3) is 0.467. The zero-order valence-corrected chi connectivity index (χ0v) is 11.8. The van der Waals surface area contributed by atoms with Crippen LogP contribution in [0.5, 0.6) is 0 Å². The minimum atomic E-state index is -0.829. The van der Waals surface area contributed by atoms with Crippen LogP contribution in [0, 0.1) is 11.7 Å². The molecule has 0 unspecified atom stereocenters. The van der Waals surface area contributed by atoms with Gasteiger partial charge >= 0.3 is 5.97 Å². The Kier molecular flexibility index (Phi) is 5.27. The van der Waals surface area contributed by atoms with Gasteiger partial charge in [0.2, 0.25) is 5.91 Å². The van der Waals surface area contributed by atoms with Crippen molar-refractivity contribution in [2.45, 2.75) is 18.9 Å². The van der Waals surface area contributed by atoms with Crippen LogP contribution < -0.4 is 5.32 Å². The number of amides is 1. The lowest BCUT2D eigenvalue weighted by molar-refractivity contribution is -0.145. The van der Waals surface area contributed by atoms with Gasteiger partial charge in [0.15, 0.2) is 0 Å². The Balaban J connectivity index is 2.03. The number of hydrogen-bond acceptors (Lipinski definition) is 4. The molecule has 1 saturated heterocycles. The Labute approximate surface area is 122 Å². The van der Waals surface area contributed by atoms with Crippen LogP contribution in [0.15, 0.2) is 24.3 Å². The van der Waals surface area contributed by atoms with E-state index in [-0.39, 0.29) is 24.1 Å². The summed E-state index contributed by atoms with van der Waals surface area (Å²) in [5.41, 5.74) is 0.619. The van der Waals surface area contributed by atoms with Crippen LogP contribution in [0.25, 0.3) is 0 Å². The average molecular weight is 295 g/mol. The third-order valence-corrected chi connectivity index (χ3v) is 3.43. The van der Waals surface area contributed by atoms with Crippen LogP contribution in [0.2, 0.25) is 0 Å². The van der Waals surface area contributed by atoms with Crippen molar-refractivity contribution in [2.24, 2.45) is 5.92 Å². The number of nitrogens with one attached hydrogen (secondary N) is 1. The Hall–Kier alpha value is -1.95. The summed E-state index contributed by atoms with van der Waals surface area (Å²) >= 11 is 0. The SMILES string of the molecule is COC(=O)[C@H](Cc1cccc(F)c1)NC(=O)[C@@H]1CCOC1. The van der Waals surface area contributed by atoms with Crippen molar-refractivity contribution in [2.75, 3.05) is 20.3 Å². The lowest BCUT2D eigenvalue weighted by atomic mass is 10.0. The molecule has 0 radical (unpaired) electrons. The van der Waals surface area contributed by atoms with Gasteiger partial charge in [0, 0.05) is 13.0 Å². The maximum atomic E-state index is 13.2. The third kappa shape index (κ3) is 4.26. The van der Waals surface area contributed by atoms with Crippen molar-refractivity contribution in [1.29, 1.82) is 0 Å². The first-order valence-corrected chi connectivity index (χ1v) is 6.80. The van der Waals surface area contributed by atoms with Crippen LogP contribution in [-0.2, 0) is 25.5 Å². The Morgan fingerprint density at radius 1 is 1.52 bits per heavy atom. The predicted molar refractivity (Wildman–Crippen MR) is 73.0 cm³/mol. The monoisotopic (exact) mass is 295 g/mol. The van der Waals surface area contributed by atoms with E-state index in [4.69, 9.17) is 9.47 Å². The normalized spacial score (nSPS) is 19.0. The number of carbonyl (C=O) groups is 2. The van der Waals surface area contributed by atoms with Crippen molar-refractivity contribution in [3.05, 3.63) is 35.6 Å². The number of benzene rings is 1. The molecule has 1 aromatic rings. The molecule has 0 aromatic heterocycles. The molecule has 1 heterocycles. The van der Waals surface area contributed by atoms with Crippen molar-refractivity contribution in [3.8, 4) is 0 Å². The lowest BCUT2D eigenvalue weighted by Gasteiger charge is -2.18. The van der Waals surface area contributed by atoms with Crippen LogP contribution in [0.4, 0.5) is 4.39 Å². The van der Waals surface area contributed by atoms with E-state index in [9.17, 15) is 14.0 Å². The van der Waals surface area contributed by atoms with Crippen molar-refractivity contribution < 1.29 is 23.5 Å². The van der Waals surface area contributed by atoms with Gasteiger partial charge in [-0.3, -0.25) is 4.79 Å². The Morgan fingerprint density at radius 3 is 2.95 bits per heavy atom. The Bertz CT molecular complexity index is 514. The number of rotatable bonds is 5. The van der Waals surface area contributed by atoms with Crippen molar-refractivity contribution >= 4 is 11.9 Å². The highest BCUT2D eigenvalue weighted by Gasteiger charge is 2.28. The molecule has 0 bridgehead atoms. The maximum Gasteiger partial charge on any atom is 0.328 e. The van der Waals surface area contributed by atoms with E-state index in [1.807, 2.05) is 0 Å². The number of hydrogen-bond donors (Lipinski definition) is 1. The van der Waals surface area contributed by atoms with Crippen LogP contribution in [0.1, 0.15) is 12.0 Å². The number of halogens is 1. The standard InChI is InChI=1S/C15H18FNO4/c1-20-15(19)13(8-10-3-2-4-12(16)7-10)17-14(18)11-5-6-21-9-11/h2-4,7,11,13H,5-6,8-9H2,1H3,(H,17,18)/t11-,13+/m1/s1. The van der Waals surface area contributed by atoms with E-state index >= 15 is 0 Å². The van der Waals surface area contributed by atoms with Crippen LogP contribution in [0.3, 0.4) is 0 Å². The highest BCUT2D eigenvalue weighted by atomic mass is 19.1. The molecule has 21 heavy (non-hydrogen) atoms. The van der Waals surface area contributed by atoms with Gasteiger partial charge in [0.1, 0.15) is 11.9 Å². The van der Waals surface area contributed by atoms with Gasteiger partial charge in [-0.15, -0.1) is 0 Å². The molecule has 114 valence electrons. The molecular weight excluding hydrogens is 277 g/mol. The van der Waals surface area contributed by atoms with Gasteiger partial charge in [0.25, 0.3) is 0 Å². The summed E-state index contributed by atoms with van der Waals surface area (Å²) in [6.07, 6.45) is 0.823. The molecule has 0 saturated carbocycles. The minimum absolute atomic E-state index is 0.184. The second-order valence-electron chi connectivity index (χ2n) is 4.98. The molecule has 2 rings (SSSR count). The van der Waals surface area contributed by atoms with E-state index in [2.05, 4.69) is 5.32 Å². The fourth-order valence-corrected chi connectivity index (χ4v) is 2.27. The molecular formula is C15H18FNO4. The first-order valence-electron chi connectivity index (χ1n) is 6.80. The van der Waals surface area contributed by atoms with Gasteiger partial charge in [-0.1, -0.05) is 12.1 Å². The van der Waals surface area contributed by atoms with Gasteiger partial charge in [0.05, 0.1) is 19.6 Å². The molecule has 6 heteroatoms. The van der Waals surface area contributed by atoms with E-state index in [0.717, 1.165) is 0 Å². The molecule has 1 aliphatic rings. The average Bonchev–Trinajstić information content (AvgIpc) is 3.00. The first kappa shape index (κ1) is 15.4. The van der Waals surface area contributed by atoms with E-state index in [0.29, 0.717) is 25.2 Å². The topological polar surface area (TPSA) is 64.6 Å². The van der Waals surface area contributed by atoms with E-state index < -0.39 is 12.0 Å². The molecule has 5 nitrogen and oxygen atoms in total. The smallest absolute Gasteiger partial charge is 0.328 e. The van der Waals surface area contributed by atoms with Gasteiger partial charge < -0.3 is 14.8 Å². The number of esters is 1.